The molecule has 0 atom stereocenters. The molecule has 0 radical (unpaired) electrons. The first kappa shape index (κ1) is 17.3. The van der Waals surface area contributed by atoms with Crippen LogP contribution in [0.5, 0.6) is 5.88 Å². The number of ether oxygens (including phenoxy) is 1. The van der Waals surface area contributed by atoms with Crippen molar-refractivity contribution < 1.29 is 22.7 Å². The number of Topliss-reactive ketones (excluding diaryl/α,β-unsaturated/α-hetero) is 1. The van der Waals surface area contributed by atoms with E-state index in [2.05, 4.69) is 4.98 Å². The number of alkyl halides is 3. The molecule has 1 aromatic heterocycles. The number of carbonyl (C=O) groups is 1. The molecule has 128 valence electrons. The highest BCUT2D eigenvalue weighted by Crippen LogP contribution is 2.41. The second-order valence-electron chi connectivity index (χ2n) is 5.08. The number of para-hydroxylation sites is 1. The molecule has 0 saturated heterocycles. The number of halogens is 3. The number of pyridine rings is 1. The van der Waals surface area contributed by atoms with Gasteiger partial charge in [-0.3, -0.25) is 4.79 Å². The van der Waals surface area contributed by atoms with Gasteiger partial charge in [-0.05, 0) is 18.2 Å². The minimum absolute atomic E-state index is 0.177. The second-order valence-corrected chi connectivity index (χ2v) is 6.17. The van der Waals surface area contributed by atoms with Gasteiger partial charge in [0.1, 0.15) is 5.56 Å². The summed E-state index contributed by atoms with van der Waals surface area (Å²) in [4.78, 5) is 17.0. The Labute approximate surface area is 145 Å². The maximum Gasteiger partial charge on any atom is 0.455 e. The minimum atomic E-state index is -5.02. The van der Waals surface area contributed by atoms with Gasteiger partial charge < -0.3 is 4.74 Å². The maximum absolute atomic E-state index is 13.1. The van der Waals surface area contributed by atoms with Crippen molar-refractivity contribution in [3.8, 4) is 5.88 Å². The molecule has 0 aliphatic rings. The molecule has 0 fully saturated rings. The van der Waals surface area contributed by atoms with Gasteiger partial charge in [-0.2, -0.15) is 13.2 Å². The smallest absolute Gasteiger partial charge is 0.455 e. The van der Waals surface area contributed by atoms with Crippen LogP contribution in [0.15, 0.2) is 64.4 Å². The Morgan fingerprint density at radius 3 is 2.32 bits per heavy atom. The lowest BCUT2D eigenvalue weighted by Gasteiger charge is -2.16. The Morgan fingerprint density at radius 1 is 1.04 bits per heavy atom. The fourth-order valence-electron chi connectivity index (χ4n) is 2.36. The van der Waals surface area contributed by atoms with Crippen LogP contribution >= 0.6 is 11.8 Å². The predicted octanol–water partition coefficient (Wildman–Crippen LogP) is 5.14. The molecule has 2 aromatic carbocycles. The summed E-state index contributed by atoms with van der Waals surface area (Å²) >= 11 is 1.08. The van der Waals surface area contributed by atoms with Crippen molar-refractivity contribution in [2.24, 2.45) is 0 Å². The van der Waals surface area contributed by atoms with Crippen LogP contribution in [0, 0.1) is 0 Å². The molecule has 0 unspecified atom stereocenters. The molecule has 3 rings (SSSR count). The van der Waals surface area contributed by atoms with E-state index in [1.807, 2.05) is 0 Å². The zero-order chi connectivity index (χ0) is 18.0. The van der Waals surface area contributed by atoms with E-state index in [0.29, 0.717) is 15.8 Å². The highest BCUT2D eigenvalue weighted by Gasteiger charge is 2.43. The molecule has 25 heavy (non-hydrogen) atoms. The zero-order valence-corrected chi connectivity index (χ0v) is 13.8. The van der Waals surface area contributed by atoms with Crippen molar-refractivity contribution >= 4 is 28.4 Å². The standard InChI is InChI=1S/C18H12F3NO2S/c1-24-17-14(16(23)18(19,20)21)15(25-11-7-3-2-4-8-11)12-9-5-6-10-13(12)22-17/h2-10H,1H3. The quantitative estimate of drug-likeness (QED) is 0.602. The van der Waals surface area contributed by atoms with Crippen molar-refractivity contribution in [1.29, 1.82) is 0 Å². The summed E-state index contributed by atoms with van der Waals surface area (Å²) in [5.41, 5.74) is -0.112. The summed E-state index contributed by atoms with van der Waals surface area (Å²) in [5, 5.41) is 0.463. The lowest BCUT2D eigenvalue weighted by Crippen LogP contribution is -2.24. The largest absolute Gasteiger partial charge is 0.480 e. The first-order valence-electron chi connectivity index (χ1n) is 7.23. The molecule has 1 heterocycles. The molecule has 0 N–H and O–H groups in total. The monoisotopic (exact) mass is 363 g/mol. The van der Waals surface area contributed by atoms with E-state index in [1.165, 1.54) is 7.11 Å². The average molecular weight is 363 g/mol. The Morgan fingerprint density at radius 2 is 1.68 bits per heavy atom. The maximum atomic E-state index is 13.1. The Bertz CT molecular complexity index is 927. The normalized spacial score (nSPS) is 11.5. The number of hydrogen-bond acceptors (Lipinski definition) is 4. The number of benzene rings is 2. The van der Waals surface area contributed by atoms with Crippen molar-refractivity contribution in [1.82, 2.24) is 4.98 Å². The number of methoxy groups -OCH3 is 1. The Kier molecular flexibility index (Phi) is 4.67. The van der Waals surface area contributed by atoms with Crippen LogP contribution in [-0.2, 0) is 0 Å². The molecule has 0 aliphatic carbocycles. The third kappa shape index (κ3) is 3.46. The van der Waals surface area contributed by atoms with Crippen LogP contribution in [-0.4, -0.2) is 24.1 Å². The molecule has 0 spiro atoms. The number of rotatable bonds is 4. The molecular formula is C18H12F3NO2S. The van der Waals surface area contributed by atoms with Crippen LogP contribution in [0.2, 0.25) is 0 Å². The molecule has 0 aliphatic heterocycles. The molecule has 3 aromatic rings. The van der Waals surface area contributed by atoms with Crippen LogP contribution in [0.4, 0.5) is 13.2 Å². The van der Waals surface area contributed by atoms with Gasteiger partial charge in [-0.1, -0.05) is 48.2 Å². The summed E-state index contributed by atoms with van der Waals surface area (Å²) in [6.07, 6.45) is -5.02. The summed E-state index contributed by atoms with van der Waals surface area (Å²) in [7, 11) is 1.20. The van der Waals surface area contributed by atoms with E-state index in [1.54, 1.807) is 54.6 Å². The third-order valence-corrected chi connectivity index (χ3v) is 4.59. The van der Waals surface area contributed by atoms with Gasteiger partial charge in [0.2, 0.25) is 5.88 Å². The van der Waals surface area contributed by atoms with E-state index < -0.39 is 17.5 Å². The van der Waals surface area contributed by atoms with E-state index >= 15 is 0 Å². The van der Waals surface area contributed by atoms with Crippen molar-refractivity contribution in [2.45, 2.75) is 16.0 Å². The lowest BCUT2D eigenvalue weighted by molar-refractivity contribution is -0.0888. The highest BCUT2D eigenvalue weighted by molar-refractivity contribution is 7.99. The van der Waals surface area contributed by atoms with Gasteiger partial charge in [-0.25, -0.2) is 4.98 Å². The summed E-state index contributed by atoms with van der Waals surface area (Å²) in [5.74, 6) is -2.31. The summed E-state index contributed by atoms with van der Waals surface area (Å²) in [6.45, 7) is 0. The first-order chi connectivity index (χ1) is 11.9. The number of hydrogen-bond donors (Lipinski definition) is 0. The Hall–Kier alpha value is -2.54. The SMILES string of the molecule is COc1nc2ccccc2c(Sc2ccccc2)c1C(=O)C(F)(F)F. The summed E-state index contributed by atoms with van der Waals surface area (Å²) in [6, 6.07) is 15.6. The van der Waals surface area contributed by atoms with E-state index in [9.17, 15) is 18.0 Å². The van der Waals surface area contributed by atoms with Crippen LogP contribution in [0.25, 0.3) is 10.9 Å². The zero-order valence-electron chi connectivity index (χ0n) is 13.0. The van der Waals surface area contributed by atoms with Crippen LogP contribution in [0.1, 0.15) is 10.4 Å². The fraction of sp³-hybridized carbons (Fsp3) is 0.111. The highest BCUT2D eigenvalue weighted by atomic mass is 32.2. The molecule has 0 amide bonds. The van der Waals surface area contributed by atoms with Gasteiger partial charge in [0, 0.05) is 15.2 Å². The van der Waals surface area contributed by atoms with Gasteiger partial charge in [0.25, 0.3) is 5.78 Å². The molecule has 0 bridgehead atoms. The van der Waals surface area contributed by atoms with Gasteiger partial charge in [0.15, 0.2) is 0 Å². The third-order valence-electron chi connectivity index (χ3n) is 3.45. The number of fused-ring (bicyclic) bond motifs is 1. The molecule has 3 nitrogen and oxygen atoms in total. The van der Waals surface area contributed by atoms with Gasteiger partial charge >= 0.3 is 6.18 Å². The molecule has 0 saturated carbocycles. The van der Waals surface area contributed by atoms with Crippen molar-refractivity contribution in [3.05, 3.63) is 60.2 Å². The van der Waals surface area contributed by atoms with Crippen LogP contribution < -0.4 is 4.74 Å². The number of carbonyl (C=O) groups excluding carboxylic acids is 1. The first-order valence-corrected chi connectivity index (χ1v) is 8.04. The average Bonchev–Trinajstić information content (AvgIpc) is 2.61. The fourth-order valence-corrected chi connectivity index (χ4v) is 3.46. The number of aromatic nitrogens is 1. The lowest BCUT2D eigenvalue weighted by atomic mass is 10.1. The number of ketones is 1. The van der Waals surface area contributed by atoms with Crippen molar-refractivity contribution in [3.63, 3.8) is 0 Å². The van der Waals surface area contributed by atoms with E-state index in [4.69, 9.17) is 4.74 Å². The van der Waals surface area contributed by atoms with E-state index in [-0.39, 0.29) is 10.8 Å². The van der Waals surface area contributed by atoms with Crippen molar-refractivity contribution in [2.75, 3.05) is 7.11 Å². The minimum Gasteiger partial charge on any atom is -0.480 e. The molecular weight excluding hydrogens is 351 g/mol. The topological polar surface area (TPSA) is 39.2 Å². The Balaban J connectivity index is 2.31. The number of nitrogens with zero attached hydrogens (tertiary/aromatic N) is 1. The van der Waals surface area contributed by atoms with Gasteiger partial charge in [-0.15, -0.1) is 0 Å². The molecule has 7 heteroatoms. The second kappa shape index (κ2) is 6.76. The van der Waals surface area contributed by atoms with Crippen LogP contribution in [0.3, 0.4) is 0 Å². The summed E-state index contributed by atoms with van der Waals surface area (Å²) < 4.78 is 44.4. The van der Waals surface area contributed by atoms with Gasteiger partial charge in [0.05, 0.1) is 12.6 Å². The predicted molar refractivity (Wildman–Crippen MR) is 89.2 cm³/mol. The van der Waals surface area contributed by atoms with E-state index in [0.717, 1.165) is 11.8 Å².